The van der Waals surface area contributed by atoms with Gasteiger partial charge in [0.2, 0.25) is 0 Å². The van der Waals surface area contributed by atoms with Crippen molar-refractivity contribution in [3.8, 4) is 0 Å². The molecule has 2 aliphatic rings. The minimum atomic E-state index is -0.427. The number of ether oxygens (including phenoxy) is 1. The van der Waals surface area contributed by atoms with Gasteiger partial charge in [0.25, 0.3) is 0 Å². The summed E-state index contributed by atoms with van der Waals surface area (Å²) in [7, 11) is 0. The lowest BCUT2D eigenvalue weighted by molar-refractivity contribution is -0.146. The molecule has 0 aromatic carbocycles. The molecule has 2 rings (SSSR count). The number of aliphatic hydroxyl groups is 1. The lowest BCUT2D eigenvalue weighted by atomic mass is 9.74. The molecule has 0 radical (unpaired) electrons. The molecular formula is C10H19NO2. The molecule has 0 unspecified atom stereocenters. The maximum atomic E-state index is 10.3. The molecule has 0 atom stereocenters. The Hall–Kier alpha value is -0.120. The molecule has 0 spiro atoms. The van der Waals surface area contributed by atoms with E-state index in [1.165, 1.54) is 0 Å². The zero-order valence-corrected chi connectivity index (χ0v) is 8.31. The van der Waals surface area contributed by atoms with Crippen LogP contribution in [0.3, 0.4) is 0 Å². The van der Waals surface area contributed by atoms with Crippen LogP contribution in [0, 0.1) is 5.41 Å². The molecule has 2 aliphatic heterocycles. The van der Waals surface area contributed by atoms with Gasteiger partial charge in [0.05, 0.1) is 18.8 Å². The minimum Gasteiger partial charge on any atom is -0.390 e. The quantitative estimate of drug-likeness (QED) is 0.659. The van der Waals surface area contributed by atoms with Crippen LogP contribution in [0.1, 0.15) is 26.2 Å². The third-order valence-corrected chi connectivity index (χ3v) is 3.19. The highest BCUT2D eigenvalue weighted by Gasteiger charge is 2.42. The van der Waals surface area contributed by atoms with E-state index in [0.717, 1.165) is 45.6 Å². The fraction of sp³-hybridized carbons (Fsp3) is 1.00. The van der Waals surface area contributed by atoms with Gasteiger partial charge in [-0.1, -0.05) is 6.92 Å². The van der Waals surface area contributed by atoms with Crippen LogP contribution in [0.2, 0.25) is 0 Å². The predicted molar refractivity (Wildman–Crippen MR) is 50.6 cm³/mol. The zero-order valence-electron chi connectivity index (χ0n) is 8.31. The molecule has 0 amide bonds. The number of hydrogen-bond acceptors (Lipinski definition) is 3. The molecule has 2 heterocycles. The Morgan fingerprint density at radius 1 is 1.31 bits per heavy atom. The van der Waals surface area contributed by atoms with Gasteiger partial charge in [0.15, 0.2) is 0 Å². The highest BCUT2D eigenvalue weighted by atomic mass is 16.5. The summed E-state index contributed by atoms with van der Waals surface area (Å²) in [5.41, 5.74) is -0.185. The molecule has 0 aromatic rings. The van der Waals surface area contributed by atoms with E-state index in [0.29, 0.717) is 0 Å². The van der Waals surface area contributed by atoms with Crippen molar-refractivity contribution in [1.29, 1.82) is 0 Å². The van der Waals surface area contributed by atoms with Gasteiger partial charge in [0, 0.05) is 5.41 Å². The van der Waals surface area contributed by atoms with Gasteiger partial charge in [-0.25, -0.2) is 0 Å². The summed E-state index contributed by atoms with van der Waals surface area (Å²) in [6.07, 6.45) is 2.69. The standard InChI is InChI=1S/C10H19NO2/c1-9(7-13-8-9)6-10(12)2-4-11-5-3-10/h11-12H,2-8H2,1H3. The van der Waals surface area contributed by atoms with Crippen LogP contribution >= 0.6 is 0 Å². The van der Waals surface area contributed by atoms with E-state index < -0.39 is 5.60 Å². The first-order chi connectivity index (χ1) is 6.12. The fourth-order valence-corrected chi connectivity index (χ4v) is 2.42. The van der Waals surface area contributed by atoms with E-state index in [1.54, 1.807) is 0 Å². The maximum Gasteiger partial charge on any atom is 0.0678 e. The van der Waals surface area contributed by atoms with Gasteiger partial charge in [0.1, 0.15) is 0 Å². The number of hydrogen-bond donors (Lipinski definition) is 2. The van der Waals surface area contributed by atoms with E-state index in [9.17, 15) is 5.11 Å². The van der Waals surface area contributed by atoms with Gasteiger partial charge >= 0.3 is 0 Å². The van der Waals surface area contributed by atoms with E-state index in [2.05, 4.69) is 12.2 Å². The molecule has 76 valence electrons. The van der Waals surface area contributed by atoms with Crippen molar-refractivity contribution in [3.05, 3.63) is 0 Å². The Balaban J connectivity index is 1.90. The molecule has 0 saturated carbocycles. The van der Waals surface area contributed by atoms with Crippen LogP contribution in [0.15, 0.2) is 0 Å². The molecule has 2 saturated heterocycles. The molecule has 2 fully saturated rings. The van der Waals surface area contributed by atoms with E-state index in [1.807, 2.05) is 0 Å². The fourth-order valence-electron chi connectivity index (χ4n) is 2.42. The molecule has 3 nitrogen and oxygen atoms in total. The summed E-state index contributed by atoms with van der Waals surface area (Å²) in [4.78, 5) is 0. The van der Waals surface area contributed by atoms with Gasteiger partial charge in [-0.15, -0.1) is 0 Å². The topological polar surface area (TPSA) is 41.5 Å². The maximum absolute atomic E-state index is 10.3. The summed E-state index contributed by atoms with van der Waals surface area (Å²) in [5, 5.41) is 13.5. The largest absolute Gasteiger partial charge is 0.390 e. The van der Waals surface area contributed by atoms with Crippen molar-refractivity contribution in [2.45, 2.75) is 31.8 Å². The summed E-state index contributed by atoms with van der Waals surface area (Å²) in [6, 6.07) is 0. The Labute approximate surface area is 79.5 Å². The van der Waals surface area contributed by atoms with Gasteiger partial charge in [-0.3, -0.25) is 0 Å². The smallest absolute Gasteiger partial charge is 0.0678 e. The first-order valence-electron chi connectivity index (χ1n) is 5.13. The SMILES string of the molecule is CC1(CC2(O)CCNCC2)COC1. The van der Waals surface area contributed by atoms with E-state index in [-0.39, 0.29) is 5.41 Å². The molecule has 13 heavy (non-hydrogen) atoms. The van der Waals surface area contributed by atoms with Crippen LogP contribution < -0.4 is 5.32 Å². The van der Waals surface area contributed by atoms with Crippen molar-refractivity contribution in [2.75, 3.05) is 26.3 Å². The molecule has 3 heteroatoms. The second kappa shape index (κ2) is 3.23. The van der Waals surface area contributed by atoms with Crippen molar-refractivity contribution < 1.29 is 9.84 Å². The normalized spacial score (nSPS) is 30.9. The Morgan fingerprint density at radius 3 is 2.38 bits per heavy atom. The van der Waals surface area contributed by atoms with Gasteiger partial charge < -0.3 is 15.2 Å². The molecule has 0 aliphatic carbocycles. The zero-order chi connectivity index (χ0) is 9.36. The lowest BCUT2D eigenvalue weighted by Gasteiger charge is -2.45. The molecular weight excluding hydrogens is 166 g/mol. The average Bonchev–Trinajstić information content (AvgIpc) is 2.02. The van der Waals surface area contributed by atoms with Crippen LogP contribution in [-0.2, 0) is 4.74 Å². The van der Waals surface area contributed by atoms with E-state index in [4.69, 9.17) is 4.74 Å². The number of rotatable bonds is 2. The Kier molecular flexibility index (Phi) is 2.34. The molecule has 2 N–H and O–H groups in total. The molecule has 0 aromatic heterocycles. The summed E-state index contributed by atoms with van der Waals surface area (Å²) in [5.74, 6) is 0. The number of nitrogens with one attached hydrogen (secondary N) is 1. The number of piperidine rings is 1. The van der Waals surface area contributed by atoms with Gasteiger partial charge in [-0.2, -0.15) is 0 Å². The predicted octanol–water partition coefficient (Wildman–Crippen LogP) is 0.528. The minimum absolute atomic E-state index is 0.242. The third-order valence-electron chi connectivity index (χ3n) is 3.19. The second-order valence-electron chi connectivity index (χ2n) is 4.95. The third kappa shape index (κ3) is 2.03. The summed E-state index contributed by atoms with van der Waals surface area (Å²) < 4.78 is 5.20. The highest BCUT2D eigenvalue weighted by Crippen LogP contribution is 2.38. The van der Waals surface area contributed by atoms with Crippen LogP contribution in [0.4, 0.5) is 0 Å². The van der Waals surface area contributed by atoms with Crippen molar-refractivity contribution in [3.63, 3.8) is 0 Å². The van der Waals surface area contributed by atoms with Crippen LogP contribution in [0.25, 0.3) is 0 Å². The van der Waals surface area contributed by atoms with Gasteiger partial charge in [-0.05, 0) is 32.4 Å². The van der Waals surface area contributed by atoms with Crippen LogP contribution in [0.5, 0.6) is 0 Å². The lowest BCUT2D eigenvalue weighted by Crippen LogP contribution is -2.50. The first kappa shape index (κ1) is 9.44. The summed E-state index contributed by atoms with van der Waals surface area (Å²) in [6.45, 7) is 5.75. The Bertz CT molecular complexity index is 183. The monoisotopic (exact) mass is 185 g/mol. The highest BCUT2D eigenvalue weighted by molar-refractivity contribution is 4.93. The summed E-state index contributed by atoms with van der Waals surface area (Å²) >= 11 is 0. The molecule has 0 bridgehead atoms. The van der Waals surface area contributed by atoms with Crippen molar-refractivity contribution >= 4 is 0 Å². The average molecular weight is 185 g/mol. The van der Waals surface area contributed by atoms with Crippen molar-refractivity contribution in [2.24, 2.45) is 5.41 Å². The first-order valence-corrected chi connectivity index (χ1v) is 5.13. The van der Waals surface area contributed by atoms with Crippen molar-refractivity contribution in [1.82, 2.24) is 5.32 Å². The van der Waals surface area contributed by atoms with E-state index >= 15 is 0 Å². The van der Waals surface area contributed by atoms with Crippen LogP contribution in [-0.4, -0.2) is 37.0 Å². The second-order valence-corrected chi connectivity index (χ2v) is 4.95. The Morgan fingerprint density at radius 2 is 1.92 bits per heavy atom.